The van der Waals surface area contributed by atoms with Gasteiger partial charge in [0, 0.05) is 25.6 Å². The molecule has 0 aromatic carbocycles. The minimum absolute atomic E-state index is 0.0185. The molecule has 1 unspecified atom stereocenters. The third-order valence-corrected chi connectivity index (χ3v) is 3.17. The number of carbonyl (C=O) groups is 1. The molecule has 3 nitrogen and oxygen atoms in total. The van der Waals surface area contributed by atoms with Gasteiger partial charge in [0.05, 0.1) is 0 Å². The first-order valence-corrected chi connectivity index (χ1v) is 5.67. The Kier molecular flexibility index (Phi) is 4.39. The van der Waals surface area contributed by atoms with E-state index in [9.17, 15) is 4.79 Å². The minimum atomic E-state index is -0.0185. The first-order valence-electron chi connectivity index (χ1n) is 5.67. The third kappa shape index (κ3) is 2.71. The zero-order valence-electron chi connectivity index (χ0n) is 9.33. The Morgan fingerprint density at radius 3 is 2.57 bits per heavy atom. The number of nitrogens with zero attached hydrogens (tertiary/aromatic N) is 1. The molecule has 82 valence electrons. The van der Waals surface area contributed by atoms with Gasteiger partial charge in [-0.3, -0.25) is 4.79 Å². The van der Waals surface area contributed by atoms with E-state index in [0.717, 1.165) is 19.0 Å². The Bertz CT molecular complexity index is 190. The fraction of sp³-hybridized carbons (Fsp3) is 0.909. The van der Waals surface area contributed by atoms with Crippen LogP contribution in [0.25, 0.3) is 0 Å². The number of hydrogen-bond acceptors (Lipinski definition) is 2. The van der Waals surface area contributed by atoms with Gasteiger partial charge >= 0.3 is 0 Å². The number of amides is 1. The number of hydrogen-bond donors (Lipinski definition) is 1. The summed E-state index contributed by atoms with van der Waals surface area (Å²) in [4.78, 5) is 13.8. The Labute approximate surface area is 86.6 Å². The number of rotatable bonds is 5. The number of carbonyl (C=O) groups excluding carboxylic acids is 1. The normalized spacial score (nSPS) is 18.8. The Hall–Kier alpha value is -0.570. The van der Waals surface area contributed by atoms with Crippen LogP contribution in [0.2, 0.25) is 0 Å². The van der Waals surface area contributed by atoms with Crippen LogP contribution in [0.1, 0.15) is 33.1 Å². The van der Waals surface area contributed by atoms with Gasteiger partial charge in [0.1, 0.15) is 0 Å². The van der Waals surface area contributed by atoms with Crippen molar-refractivity contribution in [2.75, 3.05) is 19.6 Å². The average Bonchev–Trinajstić information content (AvgIpc) is 2.14. The molecular formula is C11H22N2O. The molecule has 1 atom stereocenters. The summed E-state index contributed by atoms with van der Waals surface area (Å²) in [6.07, 6.45) is 3.92. The molecule has 14 heavy (non-hydrogen) atoms. The first kappa shape index (κ1) is 11.5. The molecule has 1 aliphatic rings. The van der Waals surface area contributed by atoms with E-state index in [-0.39, 0.29) is 11.8 Å². The van der Waals surface area contributed by atoms with Crippen LogP contribution in [0.4, 0.5) is 0 Å². The van der Waals surface area contributed by atoms with Crippen molar-refractivity contribution in [3.8, 4) is 0 Å². The molecular weight excluding hydrogens is 176 g/mol. The molecule has 0 aromatic heterocycles. The van der Waals surface area contributed by atoms with Crippen LogP contribution in [0.15, 0.2) is 0 Å². The van der Waals surface area contributed by atoms with E-state index in [4.69, 9.17) is 5.73 Å². The van der Waals surface area contributed by atoms with Crippen molar-refractivity contribution < 1.29 is 4.79 Å². The van der Waals surface area contributed by atoms with Gasteiger partial charge in [-0.1, -0.05) is 13.3 Å². The largest absolute Gasteiger partial charge is 0.342 e. The van der Waals surface area contributed by atoms with Crippen molar-refractivity contribution in [1.29, 1.82) is 0 Å². The highest BCUT2D eigenvalue weighted by Gasteiger charge is 2.24. The Morgan fingerprint density at radius 2 is 2.21 bits per heavy atom. The molecule has 0 aromatic rings. The molecule has 0 radical (unpaired) electrons. The second-order valence-electron chi connectivity index (χ2n) is 4.31. The van der Waals surface area contributed by atoms with E-state index < -0.39 is 0 Å². The number of nitrogens with two attached hydrogens (primary N) is 1. The molecule has 1 saturated carbocycles. The summed E-state index contributed by atoms with van der Waals surface area (Å²) in [7, 11) is 0. The van der Waals surface area contributed by atoms with Gasteiger partial charge in [-0.25, -0.2) is 0 Å². The van der Waals surface area contributed by atoms with Crippen LogP contribution < -0.4 is 5.73 Å². The summed E-state index contributed by atoms with van der Waals surface area (Å²) in [5.41, 5.74) is 5.50. The summed E-state index contributed by atoms with van der Waals surface area (Å²) < 4.78 is 0. The Balaban J connectivity index is 2.38. The van der Waals surface area contributed by atoms with Crippen LogP contribution in [-0.2, 0) is 4.79 Å². The smallest absolute Gasteiger partial charge is 0.226 e. The van der Waals surface area contributed by atoms with Crippen molar-refractivity contribution in [2.24, 2.45) is 17.6 Å². The van der Waals surface area contributed by atoms with E-state index in [2.05, 4.69) is 0 Å². The maximum atomic E-state index is 11.8. The monoisotopic (exact) mass is 198 g/mol. The van der Waals surface area contributed by atoms with Gasteiger partial charge in [0.25, 0.3) is 0 Å². The molecule has 1 aliphatic carbocycles. The SMILES string of the molecule is CCN(CC1CCC1)C(=O)C(C)CN. The summed E-state index contributed by atoms with van der Waals surface area (Å²) in [5, 5.41) is 0. The van der Waals surface area contributed by atoms with E-state index in [1.807, 2.05) is 18.7 Å². The fourth-order valence-corrected chi connectivity index (χ4v) is 1.77. The molecule has 1 fully saturated rings. The van der Waals surface area contributed by atoms with Crippen molar-refractivity contribution in [3.05, 3.63) is 0 Å². The van der Waals surface area contributed by atoms with Gasteiger partial charge < -0.3 is 10.6 Å². The standard InChI is InChI=1S/C11H22N2O/c1-3-13(8-10-5-4-6-10)11(14)9(2)7-12/h9-10H,3-8,12H2,1-2H3. The van der Waals surface area contributed by atoms with Crippen molar-refractivity contribution in [1.82, 2.24) is 4.90 Å². The van der Waals surface area contributed by atoms with Crippen molar-refractivity contribution in [3.63, 3.8) is 0 Å². The van der Waals surface area contributed by atoms with E-state index in [0.29, 0.717) is 6.54 Å². The zero-order valence-corrected chi connectivity index (χ0v) is 9.33. The van der Waals surface area contributed by atoms with Crippen LogP contribution in [-0.4, -0.2) is 30.4 Å². The fourth-order valence-electron chi connectivity index (χ4n) is 1.77. The molecule has 0 saturated heterocycles. The van der Waals surface area contributed by atoms with Crippen molar-refractivity contribution >= 4 is 5.91 Å². The van der Waals surface area contributed by atoms with Crippen LogP contribution in [0.3, 0.4) is 0 Å². The molecule has 0 aliphatic heterocycles. The van der Waals surface area contributed by atoms with Gasteiger partial charge in [0.15, 0.2) is 0 Å². The summed E-state index contributed by atoms with van der Waals surface area (Å²) in [6, 6.07) is 0. The van der Waals surface area contributed by atoms with E-state index >= 15 is 0 Å². The summed E-state index contributed by atoms with van der Waals surface area (Å²) in [6.45, 7) is 6.17. The maximum Gasteiger partial charge on any atom is 0.226 e. The lowest BCUT2D eigenvalue weighted by molar-refractivity contribution is -0.135. The lowest BCUT2D eigenvalue weighted by Crippen LogP contribution is -2.41. The average molecular weight is 198 g/mol. The van der Waals surface area contributed by atoms with Crippen LogP contribution >= 0.6 is 0 Å². The molecule has 0 spiro atoms. The van der Waals surface area contributed by atoms with Crippen LogP contribution in [0.5, 0.6) is 0 Å². The summed E-state index contributed by atoms with van der Waals surface area (Å²) >= 11 is 0. The first-order chi connectivity index (χ1) is 6.69. The second-order valence-corrected chi connectivity index (χ2v) is 4.31. The lowest BCUT2D eigenvalue weighted by atomic mass is 9.85. The van der Waals surface area contributed by atoms with Crippen LogP contribution in [0, 0.1) is 11.8 Å². The zero-order chi connectivity index (χ0) is 10.6. The topological polar surface area (TPSA) is 46.3 Å². The highest BCUT2D eigenvalue weighted by atomic mass is 16.2. The molecule has 3 heteroatoms. The molecule has 0 bridgehead atoms. The predicted molar refractivity (Wildman–Crippen MR) is 57.8 cm³/mol. The quantitative estimate of drug-likeness (QED) is 0.722. The van der Waals surface area contributed by atoms with E-state index in [1.165, 1.54) is 19.3 Å². The van der Waals surface area contributed by atoms with Crippen molar-refractivity contribution in [2.45, 2.75) is 33.1 Å². The Morgan fingerprint density at radius 1 is 1.57 bits per heavy atom. The van der Waals surface area contributed by atoms with Gasteiger partial charge in [-0.05, 0) is 25.7 Å². The molecule has 0 heterocycles. The predicted octanol–water partition coefficient (Wildman–Crippen LogP) is 1.23. The summed E-state index contributed by atoms with van der Waals surface area (Å²) in [5.74, 6) is 0.959. The molecule has 2 N–H and O–H groups in total. The van der Waals surface area contributed by atoms with Gasteiger partial charge in [-0.15, -0.1) is 0 Å². The molecule has 1 rings (SSSR count). The lowest BCUT2D eigenvalue weighted by Gasteiger charge is -2.33. The second kappa shape index (κ2) is 5.35. The highest BCUT2D eigenvalue weighted by molar-refractivity contribution is 5.78. The minimum Gasteiger partial charge on any atom is -0.342 e. The van der Waals surface area contributed by atoms with Gasteiger partial charge in [0.2, 0.25) is 5.91 Å². The van der Waals surface area contributed by atoms with Gasteiger partial charge in [-0.2, -0.15) is 0 Å². The highest BCUT2D eigenvalue weighted by Crippen LogP contribution is 2.27. The van der Waals surface area contributed by atoms with E-state index in [1.54, 1.807) is 0 Å². The maximum absolute atomic E-state index is 11.8. The third-order valence-electron chi connectivity index (χ3n) is 3.17. The molecule has 1 amide bonds.